The molecule has 0 radical (unpaired) electrons. The second kappa shape index (κ2) is 5.30. The van der Waals surface area contributed by atoms with Crippen molar-refractivity contribution in [1.82, 2.24) is 14.9 Å². The van der Waals surface area contributed by atoms with Gasteiger partial charge in [0.15, 0.2) is 0 Å². The fraction of sp³-hybridized carbons (Fsp3) is 0.316. The molecule has 0 atom stereocenters. The van der Waals surface area contributed by atoms with E-state index in [1.165, 1.54) is 23.9 Å². The summed E-state index contributed by atoms with van der Waals surface area (Å²) < 4.78 is 2.30. The summed E-state index contributed by atoms with van der Waals surface area (Å²) in [5.74, 6) is 0.00339. The third kappa shape index (κ3) is 2.54. The van der Waals surface area contributed by atoms with Crippen LogP contribution in [0.3, 0.4) is 0 Å². The molecule has 1 fully saturated rings. The summed E-state index contributed by atoms with van der Waals surface area (Å²) in [5.41, 5.74) is 5.18. The van der Waals surface area contributed by atoms with E-state index in [2.05, 4.69) is 33.9 Å². The fourth-order valence-corrected chi connectivity index (χ4v) is 3.40. The molecule has 1 aliphatic carbocycles. The van der Waals surface area contributed by atoms with Crippen LogP contribution in [-0.2, 0) is 6.54 Å². The van der Waals surface area contributed by atoms with Crippen molar-refractivity contribution in [2.45, 2.75) is 39.3 Å². The van der Waals surface area contributed by atoms with Crippen LogP contribution >= 0.6 is 0 Å². The standard InChI is InChI=1S/C19H21N3O/c1-12-9-17(13(2)22(12)16-7-8-16)19(23)20-11-15-10-14-5-3-4-6-18(14)21-15/h3-6,9-10,16,21H,7-8,11H2,1-2H3,(H,20,23). The van der Waals surface area contributed by atoms with Crippen molar-refractivity contribution in [2.75, 3.05) is 0 Å². The van der Waals surface area contributed by atoms with Gasteiger partial charge < -0.3 is 14.9 Å². The Morgan fingerprint density at radius 3 is 2.78 bits per heavy atom. The number of hydrogen-bond acceptors (Lipinski definition) is 1. The first kappa shape index (κ1) is 14.1. The highest BCUT2D eigenvalue weighted by molar-refractivity contribution is 5.95. The molecule has 3 aromatic rings. The monoisotopic (exact) mass is 307 g/mol. The predicted octanol–water partition coefficient (Wildman–Crippen LogP) is 3.85. The summed E-state index contributed by atoms with van der Waals surface area (Å²) in [5, 5.41) is 4.20. The Balaban J connectivity index is 1.50. The van der Waals surface area contributed by atoms with E-state index in [1.807, 2.05) is 31.2 Å². The number of carbonyl (C=O) groups is 1. The Labute approximate surface area is 135 Å². The molecule has 0 bridgehead atoms. The maximum absolute atomic E-state index is 12.5. The molecule has 118 valence electrons. The molecule has 23 heavy (non-hydrogen) atoms. The summed E-state index contributed by atoms with van der Waals surface area (Å²) in [6, 6.07) is 12.8. The molecular formula is C19H21N3O. The van der Waals surface area contributed by atoms with Crippen molar-refractivity contribution in [2.24, 2.45) is 0 Å². The van der Waals surface area contributed by atoms with E-state index in [0.717, 1.165) is 22.5 Å². The van der Waals surface area contributed by atoms with Gasteiger partial charge in [0.25, 0.3) is 5.91 Å². The minimum atomic E-state index is 0.00339. The molecule has 1 saturated carbocycles. The molecule has 0 saturated heterocycles. The van der Waals surface area contributed by atoms with E-state index in [-0.39, 0.29) is 5.91 Å². The molecule has 4 nitrogen and oxygen atoms in total. The predicted molar refractivity (Wildman–Crippen MR) is 91.6 cm³/mol. The highest BCUT2D eigenvalue weighted by Gasteiger charge is 2.28. The number of aromatic nitrogens is 2. The lowest BCUT2D eigenvalue weighted by Crippen LogP contribution is -2.23. The molecule has 2 aromatic heterocycles. The molecule has 1 aliphatic rings. The number of amides is 1. The van der Waals surface area contributed by atoms with E-state index in [0.29, 0.717) is 12.6 Å². The third-order valence-electron chi connectivity index (χ3n) is 4.67. The maximum Gasteiger partial charge on any atom is 0.253 e. The van der Waals surface area contributed by atoms with Crippen LogP contribution in [0.4, 0.5) is 0 Å². The lowest BCUT2D eigenvalue weighted by atomic mass is 10.2. The summed E-state index contributed by atoms with van der Waals surface area (Å²) in [4.78, 5) is 15.9. The van der Waals surface area contributed by atoms with E-state index < -0.39 is 0 Å². The number of para-hydroxylation sites is 1. The van der Waals surface area contributed by atoms with E-state index in [9.17, 15) is 4.79 Å². The Kier molecular flexibility index (Phi) is 3.26. The smallest absolute Gasteiger partial charge is 0.253 e. The summed E-state index contributed by atoms with van der Waals surface area (Å²) in [6.45, 7) is 4.64. The van der Waals surface area contributed by atoms with Gasteiger partial charge in [0.1, 0.15) is 0 Å². The maximum atomic E-state index is 12.5. The lowest BCUT2D eigenvalue weighted by molar-refractivity contribution is 0.0950. The number of aromatic amines is 1. The van der Waals surface area contributed by atoms with Crippen LogP contribution in [0.2, 0.25) is 0 Å². The average Bonchev–Trinajstić information content (AvgIpc) is 3.20. The largest absolute Gasteiger partial charge is 0.357 e. The van der Waals surface area contributed by atoms with Gasteiger partial charge in [-0.2, -0.15) is 0 Å². The van der Waals surface area contributed by atoms with Gasteiger partial charge in [0, 0.05) is 28.6 Å². The van der Waals surface area contributed by atoms with Crippen LogP contribution in [0.5, 0.6) is 0 Å². The normalized spacial score (nSPS) is 14.3. The van der Waals surface area contributed by atoms with Crippen LogP contribution in [0.15, 0.2) is 36.4 Å². The van der Waals surface area contributed by atoms with Crippen LogP contribution in [0, 0.1) is 13.8 Å². The number of carbonyl (C=O) groups excluding carboxylic acids is 1. The van der Waals surface area contributed by atoms with Crippen molar-refractivity contribution in [3.05, 3.63) is 59.0 Å². The van der Waals surface area contributed by atoms with Crippen LogP contribution in [0.1, 0.15) is 46.3 Å². The zero-order valence-electron chi connectivity index (χ0n) is 13.5. The van der Waals surface area contributed by atoms with Gasteiger partial charge in [0.2, 0.25) is 0 Å². The number of nitrogens with one attached hydrogen (secondary N) is 2. The van der Waals surface area contributed by atoms with Gasteiger partial charge >= 0.3 is 0 Å². The summed E-state index contributed by atoms with van der Waals surface area (Å²) in [7, 11) is 0. The highest BCUT2D eigenvalue weighted by atomic mass is 16.1. The van der Waals surface area contributed by atoms with Gasteiger partial charge in [-0.05, 0) is 50.3 Å². The Hall–Kier alpha value is -2.49. The number of H-pyrrole nitrogens is 1. The van der Waals surface area contributed by atoms with Gasteiger partial charge in [-0.25, -0.2) is 0 Å². The summed E-state index contributed by atoms with van der Waals surface area (Å²) >= 11 is 0. The zero-order chi connectivity index (χ0) is 16.0. The molecule has 0 spiro atoms. The quantitative estimate of drug-likeness (QED) is 0.755. The molecule has 0 aliphatic heterocycles. The second-order valence-corrected chi connectivity index (χ2v) is 6.45. The summed E-state index contributed by atoms with van der Waals surface area (Å²) in [6.07, 6.45) is 2.46. The second-order valence-electron chi connectivity index (χ2n) is 6.45. The zero-order valence-corrected chi connectivity index (χ0v) is 13.5. The molecule has 4 heteroatoms. The Morgan fingerprint density at radius 1 is 1.26 bits per heavy atom. The van der Waals surface area contributed by atoms with E-state index in [1.54, 1.807) is 0 Å². The van der Waals surface area contributed by atoms with Gasteiger partial charge in [-0.15, -0.1) is 0 Å². The number of benzene rings is 1. The van der Waals surface area contributed by atoms with Gasteiger partial charge in [0.05, 0.1) is 12.1 Å². The van der Waals surface area contributed by atoms with Gasteiger partial charge in [-0.1, -0.05) is 18.2 Å². The number of nitrogens with zero attached hydrogens (tertiary/aromatic N) is 1. The molecule has 2 heterocycles. The molecule has 1 amide bonds. The van der Waals surface area contributed by atoms with Crippen LogP contribution < -0.4 is 5.32 Å². The number of fused-ring (bicyclic) bond motifs is 1. The first-order chi connectivity index (χ1) is 11.1. The molecule has 2 N–H and O–H groups in total. The van der Waals surface area contributed by atoms with E-state index >= 15 is 0 Å². The van der Waals surface area contributed by atoms with Crippen molar-refractivity contribution < 1.29 is 4.79 Å². The number of hydrogen-bond donors (Lipinski definition) is 2. The molecule has 1 aromatic carbocycles. The van der Waals surface area contributed by atoms with E-state index in [4.69, 9.17) is 0 Å². The van der Waals surface area contributed by atoms with Crippen LogP contribution in [0.25, 0.3) is 10.9 Å². The van der Waals surface area contributed by atoms with Crippen molar-refractivity contribution in [3.8, 4) is 0 Å². The van der Waals surface area contributed by atoms with Crippen molar-refractivity contribution >= 4 is 16.8 Å². The molecule has 4 rings (SSSR count). The first-order valence-corrected chi connectivity index (χ1v) is 8.17. The topological polar surface area (TPSA) is 49.8 Å². The van der Waals surface area contributed by atoms with Crippen molar-refractivity contribution in [1.29, 1.82) is 0 Å². The highest BCUT2D eigenvalue weighted by Crippen LogP contribution is 2.38. The van der Waals surface area contributed by atoms with Gasteiger partial charge in [-0.3, -0.25) is 4.79 Å². The minimum absolute atomic E-state index is 0.00339. The fourth-order valence-electron chi connectivity index (χ4n) is 3.40. The molecular weight excluding hydrogens is 286 g/mol. The van der Waals surface area contributed by atoms with Crippen molar-refractivity contribution in [3.63, 3.8) is 0 Å². The number of rotatable bonds is 4. The third-order valence-corrected chi connectivity index (χ3v) is 4.67. The average molecular weight is 307 g/mol. The minimum Gasteiger partial charge on any atom is -0.357 e. The Morgan fingerprint density at radius 2 is 2.04 bits per heavy atom. The lowest BCUT2D eigenvalue weighted by Gasteiger charge is -2.08. The first-order valence-electron chi connectivity index (χ1n) is 8.17. The molecule has 0 unspecified atom stereocenters. The number of aryl methyl sites for hydroxylation is 1. The Bertz CT molecular complexity index is 850. The SMILES string of the molecule is Cc1cc(C(=O)NCc2cc3ccccc3[nH]2)c(C)n1C1CC1. The van der Waals surface area contributed by atoms with Crippen LogP contribution in [-0.4, -0.2) is 15.5 Å².